The second-order valence-corrected chi connectivity index (χ2v) is 5.40. The van der Waals surface area contributed by atoms with E-state index in [1.165, 1.54) is 25.1 Å². The fraction of sp³-hybridized carbons (Fsp3) is 0.600. The summed E-state index contributed by atoms with van der Waals surface area (Å²) in [6, 6.07) is 9.52. The first-order valence-electron chi connectivity index (χ1n) is 6.79. The van der Waals surface area contributed by atoms with Crippen LogP contribution in [0, 0.1) is 12.0 Å². The summed E-state index contributed by atoms with van der Waals surface area (Å²) in [5.41, 5.74) is 2.41. The third kappa shape index (κ3) is 3.16. The van der Waals surface area contributed by atoms with Crippen LogP contribution in [0.5, 0.6) is 0 Å². The largest absolute Gasteiger partial charge is 0.386 e. The summed E-state index contributed by atoms with van der Waals surface area (Å²) < 4.78 is 0. The van der Waals surface area contributed by atoms with Crippen molar-refractivity contribution in [3.63, 3.8) is 0 Å². The van der Waals surface area contributed by atoms with Gasteiger partial charge in [0.05, 0.1) is 11.4 Å². The van der Waals surface area contributed by atoms with Crippen LogP contribution in [0.15, 0.2) is 18.2 Å². The summed E-state index contributed by atoms with van der Waals surface area (Å²) in [7, 11) is 6.29. The van der Waals surface area contributed by atoms with E-state index in [-0.39, 0.29) is 0 Å². The number of benzene rings is 1. The molecule has 0 unspecified atom stereocenters. The molecule has 1 fully saturated rings. The molecule has 0 aromatic heterocycles. The highest BCUT2D eigenvalue weighted by Gasteiger charge is 2.21. The van der Waals surface area contributed by atoms with Crippen molar-refractivity contribution in [3.05, 3.63) is 24.3 Å². The lowest BCUT2D eigenvalue weighted by Gasteiger charge is -2.36. The fourth-order valence-electron chi connectivity index (χ4n) is 2.84. The Labute approximate surface area is 111 Å². The van der Waals surface area contributed by atoms with Crippen LogP contribution >= 0.6 is 0 Å². The third-order valence-electron chi connectivity index (χ3n) is 3.57. The van der Waals surface area contributed by atoms with Crippen molar-refractivity contribution < 1.29 is 0 Å². The molecule has 0 aliphatic carbocycles. The standard InChI is InChI=1S/C15H24N3/c1-16-14-8-4-5-9-15(14)18-10-6-7-13(12-18)11-17(2)3/h4-5,9,13,16H,6-7,10-12H2,1-3H3/t13-/m0/s1. The first kappa shape index (κ1) is 13.2. The molecule has 3 heteroatoms. The molecule has 1 heterocycles. The topological polar surface area (TPSA) is 18.5 Å². The molecule has 1 radical (unpaired) electrons. The lowest BCUT2D eigenvalue weighted by Crippen LogP contribution is -2.39. The van der Waals surface area contributed by atoms with Gasteiger partial charge in [-0.15, -0.1) is 0 Å². The monoisotopic (exact) mass is 246 g/mol. The predicted molar refractivity (Wildman–Crippen MR) is 78.3 cm³/mol. The van der Waals surface area contributed by atoms with Gasteiger partial charge in [0, 0.05) is 32.7 Å². The van der Waals surface area contributed by atoms with Gasteiger partial charge >= 0.3 is 0 Å². The molecule has 0 saturated carbocycles. The summed E-state index contributed by atoms with van der Waals surface area (Å²) in [4.78, 5) is 4.80. The summed E-state index contributed by atoms with van der Waals surface area (Å²) >= 11 is 0. The van der Waals surface area contributed by atoms with Crippen LogP contribution in [-0.2, 0) is 0 Å². The first-order chi connectivity index (χ1) is 8.70. The molecule has 18 heavy (non-hydrogen) atoms. The van der Waals surface area contributed by atoms with Crippen molar-refractivity contribution in [1.82, 2.24) is 4.90 Å². The molecule has 1 aromatic rings. The lowest BCUT2D eigenvalue weighted by molar-refractivity contribution is 0.292. The van der Waals surface area contributed by atoms with Crippen molar-refractivity contribution >= 4 is 11.4 Å². The van der Waals surface area contributed by atoms with Crippen LogP contribution in [0.1, 0.15) is 12.8 Å². The number of nitrogens with zero attached hydrogens (tertiary/aromatic N) is 2. The predicted octanol–water partition coefficient (Wildman–Crippen LogP) is 2.31. The molecular weight excluding hydrogens is 222 g/mol. The normalized spacial score (nSPS) is 20.2. The number of para-hydroxylation sites is 1. The van der Waals surface area contributed by atoms with E-state index < -0.39 is 0 Å². The molecule has 0 spiro atoms. The molecule has 2 rings (SSSR count). The SMILES string of the molecule is CNc1[c]cccc1N1CCC[C@@H](CN(C)C)C1. The van der Waals surface area contributed by atoms with Gasteiger partial charge in [0.15, 0.2) is 0 Å². The van der Waals surface area contributed by atoms with Gasteiger partial charge in [0.2, 0.25) is 0 Å². The second kappa shape index (κ2) is 6.10. The molecule has 1 saturated heterocycles. The van der Waals surface area contributed by atoms with Gasteiger partial charge < -0.3 is 15.1 Å². The van der Waals surface area contributed by atoms with Crippen LogP contribution in [0.25, 0.3) is 0 Å². The van der Waals surface area contributed by atoms with E-state index in [9.17, 15) is 0 Å². The fourth-order valence-corrected chi connectivity index (χ4v) is 2.84. The van der Waals surface area contributed by atoms with Crippen LogP contribution < -0.4 is 10.2 Å². The van der Waals surface area contributed by atoms with Gasteiger partial charge in [0.25, 0.3) is 0 Å². The van der Waals surface area contributed by atoms with Crippen LogP contribution in [0.3, 0.4) is 0 Å². The molecule has 1 N–H and O–H groups in total. The summed E-state index contributed by atoms with van der Waals surface area (Å²) in [6.45, 7) is 3.50. The van der Waals surface area contributed by atoms with E-state index >= 15 is 0 Å². The van der Waals surface area contributed by atoms with Crippen molar-refractivity contribution in [2.75, 3.05) is 51.0 Å². The number of hydrogen-bond acceptors (Lipinski definition) is 3. The number of nitrogens with one attached hydrogen (secondary N) is 1. The highest BCUT2D eigenvalue weighted by molar-refractivity contribution is 5.69. The first-order valence-corrected chi connectivity index (χ1v) is 6.79. The van der Waals surface area contributed by atoms with E-state index in [1.54, 1.807) is 0 Å². The maximum atomic E-state index is 3.28. The second-order valence-electron chi connectivity index (χ2n) is 5.40. The average molecular weight is 246 g/mol. The Morgan fingerprint density at radius 1 is 1.50 bits per heavy atom. The number of anilines is 2. The zero-order valence-corrected chi connectivity index (χ0v) is 11.7. The molecule has 1 aliphatic rings. The molecule has 99 valence electrons. The Hall–Kier alpha value is -1.22. The minimum atomic E-state index is 0.777. The number of rotatable bonds is 4. The van der Waals surface area contributed by atoms with Crippen molar-refractivity contribution in [1.29, 1.82) is 0 Å². The van der Waals surface area contributed by atoms with Gasteiger partial charge in [-0.1, -0.05) is 12.1 Å². The van der Waals surface area contributed by atoms with Gasteiger partial charge in [-0.2, -0.15) is 0 Å². The van der Waals surface area contributed by atoms with Crippen LogP contribution in [0.2, 0.25) is 0 Å². The minimum Gasteiger partial charge on any atom is -0.386 e. The molecule has 1 aromatic carbocycles. The Bertz CT molecular complexity index is 376. The zero-order valence-electron chi connectivity index (χ0n) is 11.7. The Morgan fingerprint density at radius 3 is 3.06 bits per heavy atom. The Kier molecular flexibility index (Phi) is 4.48. The van der Waals surface area contributed by atoms with Crippen molar-refractivity contribution in [2.24, 2.45) is 5.92 Å². The smallest absolute Gasteiger partial charge is 0.0655 e. The van der Waals surface area contributed by atoms with Crippen LogP contribution in [-0.4, -0.2) is 45.7 Å². The maximum absolute atomic E-state index is 3.28. The summed E-state index contributed by atoms with van der Waals surface area (Å²) in [5, 5.41) is 3.24. The number of piperidine rings is 1. The van der Waals surface area contributed by atoms with Crippen molar-refractivity contribution in [2.45, 2.75) is 12.8 Å². The van der Waals surface area contributed by atoms with E-state index in [0.717, 1.165) is 24.7 Å². The Morgan fingerprint density at radius 2 is 2.33 bits per heavy atom. The molecule has 1 aliphatic heterocycles. The van der Waals surface area contributed by atoms with Gasteiger partial charge in [-0.05, 0) is 38.9 Å². The summed E-state index contributed by atoms with van der Waals surface area (Å²) in [6.07, 6.45) is 2.64. The van der Waals surface area contributed by atoms with E-state index in [0.29, 0.717) is 0 Å². The Balaban J connectivity index is 2.08. The molecule has 3 nitrogen and oxygen atoms in total. The molecule has 0 amide bonds. The molecule has 0 bridgehead atoms. The van der Waals surface area contributed by atoms with Gasteiger partial charge in [-0.3, -0.25) is 0 Å². The van der Waals surface area contributed by atoms with E-state index in [2.05, 4.69) is 47.4 Å². The quantitative estimate of drug-likeness (QED) is 0.879. The maximum Gasteiger partial charge on any atom is 0.0655 e. The number of hydrogen-bond donors (Lipinski definition) is 1. The highest BCUT2D eigenvalue weighted by Crippen LogP contribution is 2.29. The highest BCUT2D eigenvalue weighted by atomic mass is 15.2. The van der Waals surface area contributed by atoms with E-state index in [1.807, 2.05) is 13.1 Å². The van der Waals surface area contributed by atoms with Gasteiger partial charge in [-0.25, -0.2) is 0 Å². The van der Waals surface area contributed by atoms with Gasteiger partial charge in [0.1, 0.15) is 0 Å². The molecule has 1 atom stereocenters. The zero-order chi connectivity index (χ0) is 13.0. The third-order valence-corrected chi connectivity index (χ3v) is 3.57. The van der Waals surface area contributed by atoms with Crippen molar-refractivity contribution in [3.8, 4) is 0 Å². The summed E-state index contributed by atoms with van der Waals surface area (Å²) in [5.74, 6) is 0.777. The molecular formula is C15H24N3. The van der Waals surface area contributed by atoms with Crippen LogP contribution in [0.4, 0.5) is 11.4 Å². The van der Waals surface area contributed by atoms with E-state index in [4.69, 9.17) is 0 Å². The lowest BCUT2D eigenvalue weighted by atomic mass is 9.97. The minimum absolute atomic E-state index is 0.777. The average Bonchev–Trinajstić information content (AvgIpc) is 2.38.